The molecular formula is C19H19NO5. The summed E-state index contributed by atoms with van der Waals surface area (Å²) < 4.78 is 15.8. The molecule has 25 heavy (non-hydrogen) atoms. The number of ether oxygens (including phenoxy) is 3. The van der Waals surface area contributed by atoms with Crippen LogP contribution in [-0.2, 0) is 9.53 Å². The fourth-order valence-corrected chi connectivity index (χ4v) is 2.45. The van der Waals surface area contributed by atoms with Gasteiger partial charge in [-0.3, -0.25) is 4.79 Å². The van der Waals surface area contributed by atoms with E-state index in [-0.39, 0.29) is 6.79 Å². The first kappa shape index (κ1) is 16.8. The van der Waals surface area contributed by atoms with Gasteiger partial charge in [0.05, 0.1) is 5.56 Å². The zero-order valence-corrected chi connectivity index (χ0v) is 14.3. The van der Waals surface area contributed by atoms with Crippen molar-refractivity contribution in [3.05, 3.63) is 53.1 Å². The maximum Gasteiger partial charge on any atom is 0.339 e. The molecule has 1 unspecified atom stereocenters. The van der Waals surface area contributed by atoms with Gasteiger partial charge in [-0.15, -0.1) is 0 Å². The van der Waals surface area contributed by atoms with Crippen LogP contribution in [0.25, 0.3) is 0 Å². The van der Waals surface area contributed by atoms with Crippen LogP contribution in [0.15, 0.2) is 36.4 Å². The lowest BCUT2D eigenvalue weighted by Gasteiger charge is -2.15. The highest BCUT2D eigenvalue weighted by atomic mass is 16.7. The molecule has 2 aromatic rings. The largest absolute Gasteiger partial charge is 0.454 e. The quantitative estimate of drug-likeness (QED) is 0.865. The number of benzene rings is 2. The van der Waals surface area contributed by atoms with E-state index in [1.807, 2.05) is 26.0 Å². The van der Waals surface area contributed by atoms with E-state index in [9.17, 15) is 9.59 Å². The molecule has 1 atom stereocenters. The summed E-state index contributed by atoms with van der Waals surface area (Å²) in [5.41, 5.74) is 2.76. The Kier molecular flexibility index (Phi) is 4.61. The molecule has 0 fully saturated rings. The van der Waals surface area contributed by atoms with Crippen molar-refractivity contribution in [1.29, 1.82) is 0 Å². The van der Waals surface area contributed by atoms with Crippen LogP contribution >= 0.6 is 0 Å². The van der Waals surface area contributed by atoms with Gasteiger partial charge in [-0.05, 0) is 44.5 Å². The first-order chi connectivity index (χ1) is 11.9. The number of nitrogens with one attached hydrogen (secondary N) is 1. The SMILES string of the molecule is Cc1ccc(C)c(C(=O)OC(C)C(=O)Nc2ccc3c(c2)OCO3)c1. The molecule has 0 aromatic heterocycles. The van der Waals surface area contributed by atoms with Crippen molar-refractivity contribution in [2.24, 2.45) is 0 Å². The molecule has 130 valence electrons. The van der Waals surface area contributed by atoms with Crippen molar-refractivity contribution in [2.45, 2.75) is 26.9 Å². The van der Waals surface area contributed by atoms with Gasteiger partial charge in [0, 0.05) is 11.8 Å². The molecule has 0 saturated heterocycles. The van der Waals surface area contributed by atoms with E-state index in [2.05, 4.69) is 5.32 Å². The normalized spacial score (nSPS) is 13.2. The molecule has 1 aliphatic rings. The summed E-state index contributed by atoms with van der Waals surface area (Å²) in [6.45, 7) is 5.42. The Bertz CT molecular complexity index is 831. The van der Waals surface area contributed by atoms with E-state index in [4.69, 9.17) is 14.2 Å². The average molecular weight is 341 g/mol. The molecule has 0 saturated carbocycles. The minimum absolute atomic E-state index is 0.163. The molecule has 0 spiro atoms. The van der Waals surface area contributed by atoms with Gasteiger partial charge in [-0.1, -0.05) is 17.7 Å². The van der Waals surface area contributed by atoms with E-state index in [1.165, 1.54) is 6.92 Å². The Labute approximate surface area is 145 Å². The van der Waals surface area contributed by atoms with Gasteiger partial charge in [0.25, 0.3) is 5.91 Å². The van der Waals surface area contributed by atoms with Crippen LogP contribution in [0.4, 0.5) is 5.69 Å². The van der Waals surface area contributed by atoms with Gasteiger partial charge in [0.2, 0.25) is 6.79 Å². The molecule has 6 heteroatoms. The molecular weight excluding hydrogens is 322 g/mol. The molecule has 2 aromatic carbocycles. The third-order valence-electron chi connectivity index (χ3n) is 3.91. The molecule has 6 nitrogen and oxygen atoms in total. The number of anilines is 1. The minimum Gasteiger partial charge on any atom is -0.454 e. The Hall–Kier alpha value is -3.02. The highest BCUT2D eigenvalue weighted by Crippen LogP contribution is 2.34. The second kappa shape index (κ2) is 6.84. The van der Waals surface area contributed by atoms with E-state index in [1.54, 1.807) is 24.3 Å². The molecule has 0 bridgehead atoms. The number of fused-ring (bicyclic) bond motifs is 1. The highest BCUT2D eigenvalue weighted by molar-refractivity contribution is 5.98. The summed E-state index contributed by atoms with van der Waals surface area (Å²) in [5, 5.41) is 2.70. The predicted molar refractivity (Wildman–Crippen MR) is 92.0 cm³/mol. The van der Waals surface area contributed by atoms with Gasteiger partial charge in [-0.2, -0.15) is 0 Å². The summed E-state index contributed by atoms with van der Waals surface area (Å²) in [6, 6.07) is 10.6. The van der Waals surface area contributed by atoms with Crippen LogP contribution in [0.1, 0.15) is 28.4 Å². The smallest absolute Gasteiger partial charge is 0.339 e. The molecule has 3 rings (SSSR count). The van der Waals surface area contributed by atoms with Crippen LogP contribution in [0.2, 0.25) is 0 Å². The van der Waals surface area contributed by atoms with Crippen molar-refractivity contribution in [3.8, 4) is 11.5 Å². The standard InChI is InChI=1S/C19H19NO5/c1-11-4-5-12(2)15(8-11)19(22)25-13(3)18(21)20-14-6-7-16-17(9-14)24-10-23-16/h4-9,13H,10H2,1-3H3,(H,20,21). The second-order valence-electron chi connectivity index (χ2n) is 5.92. The third kappa shape index (κ3) is 3.74. The monoisotopic (exact) mass is 341 g/mol. The van der Waals surface area contributed by atoms with E-state index in [0.717, 1.165) is 11.1 Å². The van der Waals surface area contributed by atoms with Crippen LogP contribution in [-0.4, -0.2) is 24.8 Å². The summed E-state index contributed by atoms with van der Waals surface area (Å²) >= 11 is 0. The zero-order chi connectivity index (χ0) is 18.0. The zero-order valence-electron chi connectivity index (χ0n) is 14.3. The Morgan fingerprint density at radius 1 is 1.08 bits per heavy atom. The number of aryl methyl sites for hydroxylation is 2. The van der Waals surface area contributed by atoms with Crippen molar-refractivity contribution < 1.29 is 23.8 Å². The first-order valence-electron chi connectivity index (χ1n) is 7.93. The molecule has 0 aliphatic carbocycles. The minimum atomic E-state index is -0.933. The third-order valence-corrected chi connectivity index (χ3v) is 3.91. The van der Waals surface area contributed by atoms with Crippen LogP contribution in [0, 0.1) is 13.8 Å². The Morgan fingerprint density at radius 3 is 2.64 bits per heavy atom. The van der Waals surface area contributed by atoms with Crippen molar-refractivity contribution in [1.82, 2.24) is 0 Å². The second-order valence-corrected chi connectivity index (χ2v) is 5.92. The van der Waals surface area contributed by atoms with Gasteiger partial charge in [0.1, 0.15) is 0 Å². The maximum absolute atomic E-state index is 12.3. The van der Waals surface area contributed by atoms with Crippen molar-refractivity contribution >= 4 is 17.6 Å². The molecule has 1 amide bonds. The summed E-state index contributed by atoms with van der Waals surface area (Å²) in [7, 11) is 0. The van der Waals surface area contributed by atoms with Crippen LogP contribution in [0.5, 0.6) is 11.5 Å². The van der Waals surface area contributed by atoms with Crippen molar-refractivity contribution in [3.63, 3.8) is 0 Å². The lowest BCUT2D eigenvalue weighted by molar-refractivity contribution is -0.123. The van der Waals surface area contributed by atoms with Gasteiger partial charge >= 0.3 is 5.97 Å². The fraction of sp³-hybridized carbons (Fsp3) is 0.263. The van der Waals surface area contributed by atoms with Gasteiger partial charge in [0.15, 0.2) is 17.6 Å². The number of rotatable bonds is 4. The molecule has 1 N–H and O–H groups in total. The van der Waals surface area contributed by atoms with Gasteiger partial charge in [-0.25, -0.2) is 4.79 Å². The summed E-state index contributed by atoms with van der Waals surface area (Å²) in [4.78, 5) is 24.6. The van der Waals surface area contributed by atoms with E-state index < -0.39 is 18.0 Å². The Morgan fingerprint density at radius 2 is 1.84 bits per heavy atom. The summed E-state index contributed by atoms with van der Waals surface area (Å²) in [6.07, 6.45) is -0.933. The van der Waals surface area contributed by atoms with E-state index >= 15 is 0 Å². The number of amides is 1. The average Bonchev–Trinajstić information content (AvgIpc) is 3.04. The number of carbonyl (C=O) groups excluding carboxylic acids is 2. The van der Waals surface area contributed by atoms with Gasteiger partial charge < -0.3 is 19.5 Å². The molecule has 0 radical (unpaired) electrons. The predicted octanol–water partition coefficient (Wildman–Crippen LogP) is 3.22. The fourth-order valence-electron chi connectivity index (χ4n) is 2.45. The number of hydrogen-bond donors (Lipinski definition) is 1. The maximum atomic E-state index is 12.3. The van der Waals surface area contributed by atoms with Crippen molar-refractivity contribution in [2.75, 3.05) is 12.1 Å². The Balaban J connectivity index is 1.64. The lowest BCUT2D eigenvalue weighted by Crippen LogP contribution is -2.30. The van der Waals surface area contributed by atoms with E-state index in [0.29, 0.717) is 22.7 Å². The van der Waals surface area contributed by atoms with Crippen LogP contribution < -0.4 is 14.8 Å². The topological polar surface area (TPSA) is 73.9 Å². The number of hydrogen-bond acceptors (Lipinski definition) is 5. The first-order valence-corrected chi connectivity index (χ1v) is 7.93. The highest BCUT2D eigenvalue weighted by Gasteiger charge is 2.21. The lowest BCUT2D eigenvalue weighted by atomic mass is 10.1. The van der Waals surface area contributed by atoms with Crippen LogP contribution in [0.3, 0.4) is 0 Å². The number of esters is 1. The molecule has 1 aliphatic heterocycles. The molecule has 1 heterocycles. The summed E-state index contributed by atoms with van der Waals surface area (Å²) in [5.74, 6) is 0.261. The number of carbonyl (C=O) groups is 2.